The summed E-state index contributed by atoms with van der Waals surface area (Å²) in [5.41, 5.74) is 0. The van der Waals surface area contributed by atoms with E-state index in [1.54, 1.807) is 13.8 Å². The predicted molar refractivity (Wildman–Crippen MR) is 66.5 cm³/mol. The van der Waals surface area contributed by atoms with Crippen LogP contribution in [0.2, 0.25) is 12.1 Å². The molecule has 0 atom stereocenters. The van der Waals surface area contributed by atoms with Crippen LogP contribution in [0.5, 0.6) is 0 Å². The predicted octanol–water partition coefficient (Wildman–Crippen LogP) is 3.29. The Kier molecular flexibility index (Phi) is 6.73. The first-order valence-electron chi connectivity index (χ1n) is 6.03. The minimum atomic E-state index is -2.27. The number of hydrogen-bond acceptors (Lipinski definition) is 2. The minimum Gasteiger partial charge on any atom is -0.305 e. The summed E-state index contributed by atoms with van der Waals surface area (Å²) in [6.07, 6.45) is 4.19. The molecule has 0 saturated carbocycles. The highest BCUT2D eigenvalue weighted by Crippen LogP contribution is 2.24. The minimum absolute atomic E-state index is 0.192. The van der Waals surface area contributed by atoms with Crippen molar-refractivity contribution < 1.29 is 9.59 Å². The van der Waals surface area contributed by atoms with E-state index in [2.05, 4.69) is 13.8 Å². The third-order valence-corrected chi connectivity index (χ3v) is 8.37. The largest absolute Gasteiger partial charge is 0.305 e. The second-order valence-electron chi connectivity index (χ2n) is 4.40. The van der Waals surface area contributed by atoms with E-state index in [-0.39, 0.29) is 10.8 Å². The topological polar surface area (TPSA) is 34.1 Å². The first kappa shape index (κ1) is 14.6. The van der Waals surface area contributed by atoms with Crippen LogP contribution in [0.3, 0.4) is 0 Å². The fourth-order valence-electron chi connectivity index (χ4n) is 2.03. The maximum atomic E-state index is 11.8. The van der Waals surface area contributed by atoms with Gasteiger partial charge in [-0.05, 0) is 25.9 Å². The highest BCUT2D eigenvalue weighted by molar-refractivity contribution is 7.24. The molecule has 0 aliphatic heterocycles. The van der Waals surface area contributed by atoms with Crippen molar-refractivity contribution in [2.45, 2.75) is 65.5 Å². The molecule has 0 aromatic rings. The highest BCUT2D eigenvalue weighted by Gasteiger charge is 2.42. The fourth-order valence-corrected chi connectivity index (χ4v) is 6.10. The van der Waals surface area contributed by atoms with Gasteiger partial charge in [0.05, 0.1) is 0 Å². The van der Waals surface area contributed by atoms with Crippen LogP contribution in [0, 0.1) is 0 Å². The zero-order valence-electron chi connectivity index (χ0n) is 10.6. The van der Waals surface area contributed by atoms with Crippen molar-refractivity contribution in [2.75, 3.05) is 0 Å². The van der Waals surface area contributed by atoms with Gasteiger partial charge in [-0.3, -0.25) is 0 Å². The summed E-state index contributed by atoms with van der Waals surface area (Å²) in [5.74, 6) is 0. The molecule has 0 spiro atoms. The van der Waals surface area contributed by atoms with Crippen molar-refractivity contribution in [3.63, 3.8) is 0 Å². The van der Waals surface area contributed by atoms with E-state index >= 15 is 0 Å². The van der Waals surface area contributed by atoms with Crippen molar-refractivity contribution in [3.05, 3.63) is 0 Å². The van der Waals surface area contributed by atoms with Crippen molar-refractivity contribution in [1.82, 2.24) is 0 Å². The molecule has 0 unspecified atom stereocenters. The van der Waals surface area contributed by atoms with Crippen molar-refractivity contribution >= 4 is 18.9 Å². The highest BCUT2D eigenvalue weighted by atomic mass is 28.3. The second-order valence-corrected chi connectivity index (χ2v) is 8.97. The lowest BCUT2D eigenvalue weighted by atomic mass is 10.4. The van der Waals surface area contributed by atoms with E-state index in [9.17, 15) is 9.59 Å². The summed E-state index contributed by atoms with van der Waals surface area (Å²) in [6.45, 7) is 7.47. The van der Waals surface area contributed by atoms with Crippen LogP contribution in [0.1, 0.15) is 53.4 Å². The Balaban J connectivity index is 4.73. The lowest BCUT2D eigenvalue weighted by Crippen LogP contribution is -2.50. The number of carbonyl (C=O) groups excluding carboxylic acids is 2. The van der Waals surface area contributed by atoms with Gasteiger partial charge in [0, 0.05) is 0 Å². The molecule has 0 aromatic carbocycles. The normalized spacial score (nSPS) is 11.5. The molecule has 0 saturated heterocycles. The summed E-state index contributed by atoms with van der Waals surface area (Å²) in [6, 6.07) is 1.74. The van der Waals surface area contributed by atoms with Crippen LogP contribution in [0.4, 0.5) is 0 Å². The van der Waals surface area contributed by atoms with E-state index in [1.165, 1.54) is 0 Å². The van der Waals surface area contributed by atoms with Crippen molar-refractivity contribution in [2.24, 2.45) is 0 Å². The molecule has 0 fully saturated rings. The zero-order valence-corrected chi connectivity index (χ0v) is 11.6. The first-order valence-corrected chi connectivity index (χ1v) is 8.44. The Hall–Kier alpha value is -0.443. The Morgan fingerprint density at radius 1 is 0.867 bits per heavy atom. The van der Waals surface area contributed by atoms with Gasteiger partial charge >= 0.3 is 0 Å². The van der Waals surface area contributed by atoms with Gasteiger partial charge in [-0.15, -0.1) is 0 Å². The Bertz CT molecular complexity index is 200. The summed E-state index contributed by atoms with van der Waals surface area (Å²) < 4.78 is 0. The Morgan fingerprint density at radius 2 is 1.20 bits per heavy atom. The molecule has 0 radical (unpaired) electrons. The first-order chi connectivity index (χ1) is 7.01. The molecule has 2 nitrogen and oxygen atoms in total. The molecule has 0 bridgehead atoms. The van der Waals surface area contributed by atoms with E-state index in [1.807, 2.05) is 0 Å². The number of unbranched alkanes of at least 4 members (excludes halogenated alkanes) is 2. The van der Waals surface area contributed by atoms with E-state index in [0.29, 0.717) is 0 Å². The smallest absolute Gasteiger partial charge is 0.207 e. The standard InChI is InChI=1S/C12H24O2Si/c1-5-7-9-15(11(3)13,12(4)14)10-8-6-2/h5-10H2,1-4H3. The molecule has 3 heteroatoms. The maximum Gasteiger partial charge on any atom is 0.207 e. The van der Waals surface area contributed by atoms with E-state index in [0.717, 1.165) is 37.8 Å². The monoisotopic (exact) mass is 228 g/mol. The van der Waals surface area contributed by atoms with Crippen LogP contribution in [0.15, 0.2) is 0 Å². The third kappa shape index (κ3) is 3.90. The summed E-state index contributed by atoms with van der Waals surface area (Å²) in [7, 11) is -2.27. The molecular formula is C12H24O2Si. The molecular weight excluding hydrogens is 204 g/mol. The van der Waals surface area contributed by atoms with Gasteiger partial charge in [-0.2, -0.15) is 0 Å². The Morgan fingerprint density at radius 3 is 1.40 bits per heavy atom. The van der Waals surface area contributed by atoms with Gasteiger partial charge in [-0.25, -0.2) is 0 Å². The molecule has 15 heavy (non-hydrogen) atoms. The van der Waals surface area contributed by atoms with E-state index in [4.69, 9.17) is 0 Å². The quantitative estimate of drug-likeness (QED) is 0.597. The fraction of sp³-hybridized carbons (Fsp3) is 0.833. The maximum absolute atomic E-state index is 11.8. The molecule has 0 N–H and O–H groups in total. The van der Waals surface area contributed by atoms with E-state index < -0.39 is 8.07 Å². The molecule has 88 valence electrons. The summed E-state index contributed by atoms with van der Waals surface area (Å²) >= 11 is 0. The van der Waals surface area contributed by atoms with Gasteiger partial charge in [0.2, 0.25) is 8.07 Å². The van der Waals surface area contributed by atoms with Crippen molar-refractivity contribution in [3.8, 4) is 0 Å². The zero-order chi connectivity index (χ0) is 11.9. The van der Waals surface area contributed by atoms with Gasteiger partial charge < -0.3 is 9.59 Å². The molecule has 0 aromatic heterocycles. The van der Waals surface area contributed by atoms with Gasteiger partial charge in [0.1, 0.15) is 10.8 Å². The summed E-state index contributed by atoms with van der Waals surface area (Å²) in [4.78, 5) is 23.5. The van der Waals surface area contributed by atoms with Crippen LogP contribution in [-0.4, -0.2) is 18.9 Å². The second kappa shape index (κ2) is 6.93. The lowest BCUT2D eigenvalue weighted by molar-refractivity contribution is -0.114. The number of hydrogen-bond donors (Lipinski definition) is 0. The third-order valence-electron chi connectivity index (χ3n) is 3.26. The van der Waals surface area contributed by atoms with Crippen LogP contribution >= 0.6 is 0 Å². The average molecular weight is 228 g/mol. The lowest BCUT2D eigenvalue weighted by Gasteiger charge is -2.25. The Labute approximate surface area is 94.5 Å². The van der Waals surface area contributed by atoms with Gasteiger partial charge in [0.25, 0.3) is 0 Å². The van der Waals surface area contributed by atoms with Crippen molar-refractivity contribution in [1.29, 1.82) is 0 Å². The van der Waals surface area contributed by atoms with Crippen LogP contribution in [0.25, 0.3) is 0 Å². The average Bonchev–Trinajstić information content (AvgIpc) is 2.17. The number of rotatable bonds is 8. The molecule has 0 rings (SSSR count). The molecule has 0 heterocycles. The SMILES string of the molecule is CCCC[Si](CCCC)(C(C)=O)C(C)=O. The van der Waals surface area contributed by atoms with Gasteiger partial charge in [-0.1, -0.05) is 39.5 Å². The molecule has 0 aliphatic carbocycles. The summed E-state index contributed by atoms with van der Waals surface area (Å²) in [5, 5.41) is 0.383. The number of carbonyl (C=O) groups is 2. The molecule has 0 aliphatic rings. The van der Waals surface area contributed by atoms with Gasteiger partial charge in [0.15, 0.2) is 0 Å². The van der Waals surface area contributed by atoms with Crippen LogP contribution < -0.4 is 0 Å². The van der Waals surface area contributed by atoms with Crippen LogP contribution in [-0.2, 0) is 9.59 Å². The molecule has 0 amide bonds.